The van der Waals surface area contributed by atoms with Crippen LogP contribution >= 0.6 is 0 Å². The molecule has 0 aromatic rings. The van der Waals surface area contributed by atoms with Crippen molar-refractivity contribution in [3.05, 3.63) is 24.3 Å². The van der Waals surface area contributed by atoms with Gasteiger partial charge in [0.05, 0.1) is 0 Å². The Morgan fingerprint density at radius 3 is 2.25 bits per heavy atom. The van der Waals surface area contributed by atoms with Crippen LogP contribution in [0, 0.1) is 0 Å². The first-order valence-electron chi connectivity index (χ1n) is 6.40. The first-order chi connectivity index (χ1) is 7.77. The minimum atomic E-state index is -0.388. The molecule has 0 radical (unpaired) electrons. The summed E-state index contributed by atoms with van der Waals surface area (Å²) in [5.41, 5.74) is 4.95. The molecule has 0 saturated heterocycles. The summed E-state index contributed by atoms with van der Waals surface area (Å²) in [5, 5.41) is 0. The molecule has 0 bridgehead atoms. The Balaban J connectivity index is 3.17. The highest BCUT2D eigenvalue weighted by molar-refractivity contribution is 5.85. The average molecular weight is 223 g/mol. The number of hydrogen-bond donors (Lipinski definition) is 1. The Labute approximate surface area is 99.6 Å². The van der Waals surface area contributed by atoms with E-state index in [0.29, 0.717) is 0 Å². The molecule has 92 valence electrons. The largest absolute Gasteiger partial charge is 0.366 e. The SMILES string of the molecule is CCCCCCCCCC=CC=CC(N)=O. The maximum Gasteiger partial charge on any atom is 0.241 e. The van der Waals surface area contributed by atoms with Gasteiger partial charge in [-0.15, -0.1) is 0 Å². The topological polar surface area (TPSA) is 43.1 Å². The zero-order chi connectivity index (χ0) is 12.1. The Bertz CT molecular complexity index is 219. The van der Waals surface area contributed by atoms with E-state index in [4.69, 9.17) is 5.73 Å². The lowest BCUT2D eigenvalue weighted by Crippen LogP contribution is -2.04. The second-order valence-corrected chi connectivity index (χ2v) is 4.10. The van der Waals surface area contributed by atoms with Gasteiger partial charge in [0, 0.05) is 6.08 Å². The number of unbranched alkanes of at least 4 members (excludes halogenated alkanes) is 7. The second-order valence-electron chi connectivity index (χ2n) is 4.10. The molecule has 0 aliphatic rings. The van der Waals surface area contributed by atoms with Crippen molar-refractivity contribution in [2.75, 3.05) is 0 Å². The molecule has 0 unspecified atom stereocenters. The van der Waals surface area contributed by atoms with Crippen LogP contribution in [0.1, 0.15) is 58.3 Å². The summed E-state index contributed by atoms with van der Waals surface area (Å²) in [6.07, 6.45) is 17.5. The van der Waals surface area contributed by atoms with Crippen molar-refractivity contribution in [2.24, 2.45) is 5.73 Å². The van der Waals surface area contributed by atoms with Crippen LogP contribution in [-0.2, 0) is 4.79 Å². The highest BCUT2D eigenvalue weighted by atomic mass is 16.1. The third-order valence-corrected chi connectivity index (χ3v) is 2.48. The molecule has 0 aliphatic carbocycles. The van der Waals surface area contributed by atoms with E-state index < -0.39 is 0 Å². The minimum absolute atomic E-state index is 0.388. The van der Waals surface area contributed by atoms with Crippen LogP contribution in [0.2, 0.25) is 0 Å². The molecule has 2 heteroatoms. The van der Waals surface area contributed by atoms with Gasteiger partial charge in [-0.25, -0.2) is 0 Å². The Kier molecular flexibility index (Phi) is 11.2. The van der Waals surface area contributed by atoms with E-state index >= 15 is 0 Å². The number of allylic oxidation sites excluding steroid dienone is 3. The molecular weight excluding hydrogens is 198 g/mol. The summed E-state index contributed by atoms with van der Waals surface area (Å²) < 4.78 is 0. The first-order valence-corrected chi connectivity index (χ1v) is 6.40. The van der Waals surface area contributed by atoms with E-state index in [1.54, 1.807) is 6.08 Å². The van der Waals surface area contributed by atoms with Crippen LogP contribution in [0.3, 0.4) is 0 Å². The van der Waals surface area contributed by atoms with Crippen LogP contribution in [0.4, 0.5) is 0 Å². The molecule has 2 N–H and O–H groups in total. The summed E-state index contributed by atoms with van der Waals surface area (Å²) >= 11 is 0. The fourth-order valence-corrected chi connectivity index (χ4v) is 1.54. The molecule has 0 aliphatic heterocycles. The summed E-state index contributed by atoms with van der Waals surface area (Å²) in [6.45, 7) is 2.24. The first kappa shape index (κ1) is 14.9. The van der Waals surface area contributed by atoms with Gasteiger partial charge in [-0.3, -0.25) is 4.79 Å². The molecule has 0 aromatic heterocycles. The molecule has 0 saturated carbocycles. The smallest absolute Gasteiger partial charge is 0.241 e. The number of amides is 1. The van der Waals surface area contributed by atoms with E-state index in [0.717, 1.165) is 6.42 Å². The van der Waals surface area contributed by atoms with E-state index in [1.165, 1.54) is 51.0 Å². The van der Waals surface area contributed by atoms with E-state index in [-0.39, 0.29) is 5.91 Å². The van der Waals surface area contributed by atoms with Crippen LogP contribution < -0.4 is 5.73 Å². The minimum Gasteiger partial charge on any atom is -0.366 e. The van der Waals surface area contributed by atoms with Crippen molar-refractivity contribution in [1.29, 1.82) is 0 Å². The van der Waals surface area contributed by atoms with Crippen LogP contribution in [0.25, 0.3) is 0 Å². The zero-order valence-corrected chi connectivity index (χ0v) is 10.5. The van der Waals surface area contributed by atoms with Crippen molar-refractivity contribution >= 4 is 5.91 Å². The molecule has 2 nitrogen and oxygen atoms in total. The van der Waals surface area contributed by atoms with Gasteiger partial charge in [0.1, 0.15) is 0 Å². The molecule has 0 atom stereocenters. The van der Waals surface area contributed by atoms with Crippen LogP contribution in [-0.4, -0.2) is 5.91 Å². The summed E-state index contributed by atoms with van der Waals surface area (Å²) in [5.74, 6) is -0.388. The van der Waals surface area contributed by atoms with Gasteiger partial charge in [0.15, 0.2) is 0 Å². The summed E-state index contributed by atoms with van der Waals surface area (Å²) in [6, 6.07) is 0. The standard InChI is InChI=1S/C14H25NO/c1-2-3-4-5-6-7-8-9-10-11-12-13-14(15)16/h10-13H,2-9H2,1H3,(H2,15,16). The maximum absolute atomic E-state index is 10.4. The van der Waals surface area contributed by atoms with Gasteiger partial charge >= 0.3 is 0 Å². The predicted molar refractivity (Wildman–Crippen MR) is 70.1 cm³/mol. The average Bonchev–Trinajstić information content (AvgIpc) is 2.25. The van der Waals surface area contributed by atoms with Crippen LogP contribution in [0.5, 0.6) is 0 Å². The number of hydrogen-bond acceptors (Lipinski definition) is 1. The fourth-order valence-electron chi connectivity index (χ4n) is 1.54. The van der Waals surface area contributed by atoms with Crippen molar-refractivity contribution in [2.45, 2.75) is 58.3 Å². The molecule has 0 rings (SSSR count). The number of carbonyl (C=O) groups is 1. The Morgan fingerprint density at radius 1 is 1.00 bits per heavy atom. The number of carbonyl (C=O) groups excluding carboxylic acids is 1. The maximum atomic E-state index is 10.4. The van der Waals surface area contributed by atoms with Crippen LogP contribution in [0.15, 0.2) is 24.3 Å². The molecule has 0 spiro atoms. The van der Waals surface area contributed by atoms with Crippen molar-refractivity contribution in [1.82, 2.24) is 0 Å². The summed E-state index contributed by atoms with van der Waals surface area (Å²) in [7, 11) is 0. The van der Waals surface area contributed by atoms with Gasteiger partial charge in [-0.05, 0) is 12.8 Å². The molecular formula is C14H25NO. The molecule has 0 fully saturated rings. The van der Waals surface area contributed by atoms with Crippen molar-refractivity contribution in [3.63, 3.8) is 0 Å². The lowest BCUT2D eigenvalue weighted by Gasteiger charge is -1.98. The number of primary amides is 1. The quantitative estimate of drug-likeness (QED) is 0.342. The monoisotopic (exact) mass is 223 g/mol. The predicted octanol–water partition coefficient (Wildman–Crippen LogP) is 3.72. The van der Waals surface area contributed by atoms with E-state index in [2.05, 4.69) is 13.0 Å². The van der Waals surface area contributed by atoms with Crippen molar-refractivity contribution < 1.29 is 4.79 Å². The second kappa shape index (κ2) is 12.0. The third-order valence-electron chi connectivity index (χ3n) is 2.48. The van der Waals surface area contributed by atoms with Gasteiger partial charge in [0.2, 0.25) is 5.91 Å². The fraction of sp³-hybridized carbons (Fsp3) is 0.643. The Hall–Kier alpha value is -1.05. The van der Waals surface area contributed by atoms with E-state index in [9.17, 15) is 4.79 Å². The third kappa shape index (κ3) is 12.9. The van der Waals surface area contributed by atoms with Gasteiger partial charge in [-0.2, -0.15) is 0 Å². The Morgan fingerprint density at radius 2 is 1.62 bits per heavy atom. The molecule has 1 amide bonds. The normalized spacial score (nSPS) is 11.6. The molecule has 0 aromatic carbocycles. The lowest BCUT2D eigenvalue weighted by atomic mass is 10.1. The molecule has 0 heterocycles. The van der Waals surface area contributed by atoms with Gasteiger partial charge < -0.3 is 5.73 Å². The number of rotatable bonds is 10. The van der Waals surface area contributed by atoms with Crippen molar-refractivity contribution in [3.8, 4) is 0 Å². The van der Waals surface area contributed by atoms with E-state index in [1.807, 2.05) is 6.08 Å². The van der Waals surface area contributed by atoms with Gasteiger partial charge in [-0.1, -0.05) is 63.7 Å². The number of nitrogens with two attached hydrogens (primary N) is 1. The summed E-state index contributed by atoms with van der Waals surface area (Å²) in [4.78, 5) is 10.4. The lowest BCUT2D eigenvalue weighted by molar-refractivity contribution is -0.113. The highest BCUT2D eigenvalue weighted by Crippen LogP contribution is 2.08. The highest BCUT2D eigenvalue weighted by Gasteiger charge is 1.88. The molecule has 16 heavy (non-hydrogen) atoms. The van der Waals surface area contributed by atoms with Gasteiger partial charge in [0.25, 0.3) is 0 Å². The zero-order valence-electron chi connectivity index (χ0n) is 10.5.